The number of nitrogens with zero attached hydrogens (tertiary/aromatic N) is 4. The van der Waals surface area contributed by atoms with Gasteiger partial charge in [0.15, 0.2) is 23.6 Å². The van der Waals surface area contributed by atoms with Crippen molar-refractivity contribution in [3.63, 3.8) is 0 Å². The highest BCUT2D eigenvalue weighted by Crippen LogP contribution is 2.40. The van der Waals surface area contributed by atoms with Crippen LogP contribution in [0.15, 0.2) is 40.8 Å². The van der Waals surface area contributed by atoms with Crippen molar-refractivity contribution in [2.75, 3.05) is 36.9 Å². The molecule has 2 aliphatic heterocycles. The molecule has 2 amide bonds. The Morgan fingerprint density at radius 1 is 1.36 bits per heavy atom. The summed E-state index contributed by atoms with van der Waals surface area (Å²) in [6, 6.07) is 4.59. The van der Waals surface area contributed by atoms with Gasteiger partial charge >= 0.3 is 11.9 Å². The first-order valence-corrected chi connectivity index (χ1v) is 15.7. The van der Waals surface area contributed by atoms with Crippen molar-refractivity contribution < 1.29 is 38.8 Å². The van der Waals surface area contributed by atoms with Crippen molar-refractivity contribution >= 4 is 86.1 Å². The number of thiazole rings is 1. The minimum Gasteiger partial charge on any atom is -0.478 e. The number of carboxylic acid groups (broad SMARTS) is 2. The van der Waals surface area contributed by atoms with Crippen molar-refractivity contribution in [3.05, 3.63) is 45.7 Å². The van der Waals surface area contributed by atoms with Gasteiger partial charge in [-0.1, -0.05) is 28.1 Å². The van der Waals surface area contributed by atoms with Crippen molar-refractivity contribution in [2.24, 2.45) is 5.16 Å². The van der Waals surface area contributed by atoms with E-state index in [0.717, 1.165) is 39.6 Å². The molecule has 8 N–H and O–H groups in total. The molecule has 45 heavy (non-hydrogen) atoms. The highest BCUT2D eigenvalue weighted by Gasteiger charge is 2.55. The van der Waals surface area contributed by atoms with E-state index in [2.05, 4.69) is 31.1 Å². The summed E-state index contributed by atoms with van der Waals surface area (Å²) in [5.41, 5.74) is 7.14. The van der Waals surface area contributed by atoms with Gasteiger partial charge in [-0.05, 0) is 20.0 Å². The summed E-state index contributed by atoms with van der Waals surface area (Å²) in [5.74, 6) is -3.08. The number of likely N-dealkylation sites (N-methyl/N-ethyl adjacent to an activating group) is 1. The van der Waals surface area contributed by atoms with Crippen LogP contribution in [0.1, 0.15) is 12.6 Å². The molecule has 1 fully saturated rings. The molecule has 3 aromatic rings. The van der Waals surface area contributed by atoms with Gasteiger partial charge in [-0.3, -0.25) is 14.5 Å². The Balaban J connectivity index is 1.36. The van der Waals surface area contributed by atoms with Crippen molar-refractivity contribution in [2.45, 2.75) is 31.0 Å². The molecule has 16 nitrogen and oxygen atoms in total. The van der Waals surface area contributed by atoms with E-state index in [1.54, 1.807) is 0 Å². The first-order chi connectivity index (χ1) is 21.5. The maximum atomic E-state index is 13.3. The number of H-pyrrole nitrogens is 1. The highest BCUT2D eigenvalue weighted by molar-refractivity contribution is 8.00. The normalized spacial score (nSPS) is 18.8. The van der Waals surface area contributed by atoms with E-state index in [1.165, 1.54) is 18.7 Å². The lowest BCUT2D eigenvalue weighted by atomic mass is 10.0. The van der Waals surface area contributed by atoms with Crippen LogP contribution in [-0.4, -0.2) is 98.0 Å². The van der Waals surface area contributed by atoms with Crippen molar-refractivity contribution in [1.82, 2.24) is 25.5 Å². The number of hydrogen-bond donors (Lipinski definition) is 7. The molecule has 0 radical (unpaired) electrons. The predicted molar refractivity (Wildman–Crippen MR) is 167 cm³/mol. The summed E-state index contributed by atoms with van der Waals surface area (Å²) in [6.45, 7) is 2.90. The van der Waals surface area contributed by atoms with Gasteiger partial charge in [0.05, 0.1) is 6.07 Å². The molecular formula is C26H29ClN9O7S2+. The second-order valence-corrected chi connectivity index (χ2v) is 12.7. The summed E-state index contributed by atoms with van der Waals surface area (Å²) < 4.78 is 1.90. The number of carboxylic acids is 2. The Morgan fingerprint density at radius 3 is 2.80 bits per heavy atom. The number of nitrogens with two attached hydrogens (primary N) is 1. The van der Waals surface area contributed by atoms with E-state index >= 15 is 0 Å². The second kappa shape index (κ2) is 13.3. The number of fused-ring (bicyclic) bond motifs is 2. The van der Waals surface area contributed by atoms with E-state index < -0.39 is 47.0 Å². The standard InChI is InChI=1S/C26H28ClN9O7S2/c1-11(24(39)40)43-34-17(16-20(27)45-26(28)33-16)21(37)32-18-22(38)36-19(25(41)42)12(10-44-23(18)36)9-35-7-3-4-13-14(35)8-15(31-13)30-6-5-29-2/h3-4,7-8,11,18,23,29H,5-6,9-10H2,1-2H3,(H6,28,30,31,32,33,37,39,40,41,42)/p+1/b34-17-/t11-,18+,23?/m0/s1. The van der Waals surface area contributed by atoms with Crippen molar-refractivity contribution in [3.8, 4) is 0 Å². The largest absolute Gasteiger partial charge is 0.478 e. The molecule has 3 atom stereocenters. The Labute approximate surface area is 268 Å². The van der Waals surface area contributed by atoms with Crippen LogP contribution in [0.25, 0.3) is 11.0 Å². The van der Waals surface area contributed by atoms with Crippen LogP contribution in [0.3, 0.4) is 0 Å². The number of pyridine rings is 1. The third-order valence-electron chi connectivity index (χ3n) is 6.94. The van der Waals surface area contributed by atoms with Crippen LogP contribution < -0.4 is 26.3 Å². The molecule has 3 aromatic heterocycles. The molecule has 1 unspecified atom stereocenters. The minimum atomic E-state index is -1.41. The average Bonchev–Trinajstić information content (AvgIpc) is 3.57. The SMILES string of the molecule is CNCCNc1cc2c(ccc[n+]2CC2=C(C(=O)O)N3C(=O)[C@@H](NC(=O)/C(=N\O[C@@H](C)C(=O)O)c4nc(N)sc4Cl)C3SC2)[nH]1. The smallest absolute Gasteiger partial charge is 0.352 e. The molecule has 0 saturated carbocycles. The Bertz CT molecular complexity index is 1740. The lowest BCUT2D eigenvalue weighted by Crippen LogP contribution is -2.71. The molecule has 1 saturated heterocycles. The molecular weight excluding hydrogens is 650 g/mol. The summed E-state index contributed by atoms with van der Waals surface area (Å²) in [5, 5.41) is 31.2. The first-order valence-electron chi connectivity index (χ1n) is 13.5. The van der Waals surface area contributed by atoms with Crippen LogP contribution in [-0.2, 0) is 30.6 Å². The molecule has 0 bridgehead atoms. The summed E-state index contributed by atoms with van der Waals surface area (Å²) in [6.07, 6.45) is 0.428. The van der Waals surface area contributed by atoms with Gasteiger partial charge < -0.3 is 41.7 Å². The number of carbonyl (C=O) groups is 4. The Hall–Kier alpha value is -4.39. The number of aromatic nitrogens is 3. The number of carbonyl (C=O) groups excluding carboxylic acids is 2. The molecule has 2 aliphatic rings. The third-order valence-corrected chi connectivity index (χ3v) is 9.37. The number of thioether (sulfide) groups is 1. The quantitative estimate of drug-likeness (QED) is 0.0429. The zero-order valence-electron chi connectivity index (χ0n) is 23.9. The first kappa shape index (κ1) is 32.0. The number of nitrogen functional groups attached to an aromatic ring is 1. The summed E-state index contributed by atoms with van der Waals surface area (Å²) in [4.78, 5) is 63.7. The fourth-order valence-electron chi connectivity index (χ4n) is 4.76. The van der Waals surface area contributed by atoms with E-state index in [9.17, 15) is 24.3 Å². The van der Waals surface area contributed by atoms with Gasteiger partial charge in [-0.25, -0.2) is 14.6 Å². The lowest BCUT2D eigenvalue weighted by Gasteiger charge is -2.49. The van der Waals surface area contributed by atoms with E-state index in [1.807, 2.05) is 36.0 Å². The number of β-lactam (4-membered cyclic amide) rings is 1. The fourth-order valence-corrected chi connectivity index (χ4v) is 7.02. The van der Waals surface area contributed by atoms with Gasteiger partial charge in [-0.15, -0.1) is 11.8 Å². The number of aliphatic carboxylic acids is 2. The van der Waals surface area contributed by atoms with Crippen LogP contribution in [0.5, 0.6) is 0 Å². The third kappa shape index (κ3) is 6.53. The Kier molecular flexibility index (Phi) is 9.47. The molecule has 19 heteroatoms. The number of nitrogens with one attached hydrogen (secondary N) is 4. The number of aromatic amines is 1. The zero-order chi connectivity index (χ0) is 32.4. The van der Waals surface area contributed by atoms with Gasteiger partial charge in [0.2, 0.25) is 11.6 Å². The van der Waals surface area contributed by atoms with Crippen molar-refractivity contribution in [1.29, 1.82) is 0 Å². The molecule has 0 aliphatic carbocycles. The van der Waals surface area contributed by atoms with Gasteiger partial charge in [0.1, 0.15) is 38.5 Å². The van der Waals surface area contributed by atoms with Gasteiger partial charge in [0, 0.05) is 30.5 Å². The second-order valence-electron chi connectivity index (χ2n) is 9.97. The number of rotatable bonds is 13. The number of halogens is 1. The van der Waals surface area contributed by atoms with Crippen LogP contribution in [0.2, 0.25) is 4.34 Å². The fraction of sp³-hybridized carbons (Fsp3) is 0.346. The lowest BCUT2D eigenvalue weighted by molar-refractivity contribution is -0.663. The predicted octanol–water partition coefficient (Wildman–Crippen LogP) is 0.411. The minimum absolute atomic E-state index is 0.00173. The van der Waals surface area contributed by atoms with E-state index in [0.29, 0.717) is 12.1 Å². The number of anilines is 2. The van der Waals surface area contributed by atoms with E-state index in [4.69, 9.17) is 27.3 Å². The van der Waals surface area contributed by atoms with Crippen LogP contribution in [0.4, 0.5) is 10.9 Å². The van der Waals surface area contributed by atoms with Crippen LogP contribution >= 0.6 is 34.7 Å². The highest BCUT2D eigenvalue weighted by atomic mass is 35.5. The number of amides is 2. The van der Waals surface area contributed by atoms with E-state index in [-0.39, 0.29) is 33.2 Å². The molecule has 0 spiro atoms. The maximum Gasteiger partial charge on any atom is 0.352 e. The van der Waals surface area contributed by atoms with Gasteiger partial charge in [-0.2, -0.15) is 4.57 Å². The average molecular weight is 679 g/mol. The summed E-state index contributed by atoms with van der Waals surface area (Å²) in [7, 11) is 1.86. The zero-order valence-corrected chi connectivity index (χ0v) is 26.3. The topological polar surface area (TPSA) is 228 Å². The summed E-state index contributed by atoms with van der Waals surface area (Å²) >= 11 is 8.33. The van der Waals surface area contributed by atoms with Gasteiger partial charge in [0.25, 0.3) is 11.8 Å². The number of oxime groups is 1. The monoisotopic (exact) mass is 678 g/mol. The molecule has 5 rings (SSSR count). The molecule has 5 heterocycles. The Morgan fingerprint density at radius 2 is 2.13 bits per heavy atom. The number of hydrogen-bond acceptors (Lipinski definition) is 12. The molecule has 0 aromatic carbocycles. The molecule has 238 valence electrons. The maximum absolute atomic E-state index is 13.3. The van der Waals surface area contributed by atoms with Crippen LogP contribution in [0, 0.1) is 0 Å².